The molecule has 1 unspecified atom stereocenters. The van der Waals surface area contributed by atoms with Crippen molar-refractivity contribution < 1.29 is 20.1 Å². The van der Waals surface area contributed by atoms with Gasteiger partial charge in [-0.1, -0.05) is 0 Å². The lowest BCUT2D eigenvalue weighted by atomic mass is 10.2. The van der Waals surface area contributed by atoms with Crippen LogP contribution in [0.15, 0.2) is 24.3 Å². The average Bonchev–Trinajstić information content (AvgIpc) is 2.65. The Morgan fingerprint density at radius 1 is 1.41 bits per heavy atom. The normalized spacial score (nSPS) is 12.8. The van der Waals surface area contributed by atoms with Gasteiger partial charge in [-0.3, -0.25) is 0 Å². The SMILES string of the molecule is CCn1c(C(O)C(=O)O)cc2ccc(O)cc21. The zero-order chi connectivity index (χ0) is 12.6. The van der Waals surface area contributed by atoms with Crippen LogP contribution in [0.1, 0.15) is 18.7 Å². The molecule has 0 bridgehead atoms. The zero-order valence-corrected chi connectivity index (χ0v) is 9.29. The van der Waals surface area contributed by atoms with Crippen LogP contribution in [0.5, 0.6) is 5.75 Å². The molecule has 90 valence electrons. The third-order valence-corrected chi connectivity index (χ3v) is 2.75. The van der Waals surface area contributed by atoms with Crippen molar-refractivity contribution in [2.24, 2.45) is 0 Å². The van der Waals surface area contributed by atoms with Crippen LogP contribution in [0.2, 0.25) is 0 Å². The first-order valence-electron chi connectivity index (χ1n) is 5.27. The maximum atomic E-state index is 10.8. The Labute approximate surface area is 97.5 Å². The summed E-state index contributed by atoms with van der Waals surface area (Å²) in [5.41, 5.74) is 1.03. The summed E-state index contributed by atoms with van der Waals surface area (Å²) in [6.45, 7) is 2.37. The fourth-order valence-electron chi connectivity index (χ4n) is 1.97. The summed E-state index contributed by atoms with van der Waals surface area (Å²) in [6, 6.07) is 6.39. The molecule has 2 rings (SSSR count). The number of fused-ring (bicyclic) bond motifs is 1. The molecule has 17 heavy (non-hydrogen) atoms. The summed E-state index contributed by atoms with van der Waals surface area (Å²) in [5.74, 6) is -1.17. The van der Waals surface area contributed by atoms with Gasteiger partial charge in [0.2, 0.25) is 0 Å². The molecule has 1 aromatic heterocycles. The molecule has 5 heteroatoms. The first-order chi connectivity index (χ1) is 8.04. The number of aliphatic carboxylic acids is 1. The van der Waals surface area contributed by atoms with Crippen LogP contribution in [0.4, 0.5) is 0 Å². The van der Waals surface area contributed by atoms with Gasteiger partial charge in [-0.05, 0) is 25.1 Å². The van der Waals surface area contributed by atoms with Gasteiger partial charge in [0.25, 0.3) is 0 Å². The van der Waals surface area contributed by atoms with Crippen molar-refractivity contribution in [3.8, 4) is 5.75 Å². The molecule has 5 nitrogen and oxygen atoms in total. The first kappa shape index (κ1) is 11.5. The molecule has 0 spiro atoms. The number of phenolic OH excluding ortho intramolecular Hbond substituents is 1. The highest BCUT2D eigenvalue weighted by atomic mass is 16.4. The number of phenols is 1. The Morgan fingerprint density at radius 2 is 2.12 bits per heavy atom. The van der Waals surface area contributed by atoms with Crippen molar-refractivity contribution in [1.82, 2.24) is 4.57 Å². The molecule has 1 heterocycles. The number of aryl methyl sites for hydroxylation is 1. The van der Waals surface area contributed by atoms with E-state index in [1.807, 2.05) is 6.92 Å². The molecule has 0 saturated carbocycles. The zero-order valence-electron chi connectivity index (χ0n) is 9.29. The standard InChI is InChI=1S/C12H13NO4/c1-2-13-9-6-8(14)4-3-7(9)5-10(13)11(15)12(16)17/h3-6,11,14-15H,2H2,1H3,(H,16,17). The van der Waals surface area contributed by atoms with Gasteiger partial charge >= 0.3 is 5.97 Å². The van der Waals surface area contributed by atoms with Crippen molar-refractivity contribution >= 4 is 16.9 Å². The third-order valence-electron chi connectivity index (χ3n) is 2.75. The highest BCUT2D eigenvalue weighted by Gasteiger charge is 2.21. The highest BCUT2D eigenvalue weighted by Crippen LogP contribution is 2.27. The lowest BCUT2D eigenvalue weighted by molar-refractivity contribution is -0.147. The van der Waals surface area contributed by atoms with E-state index in [1.54, 1.807) is 22.8 Å². The molecule has 0 saturated heterocycles. The van der Waals surface area contributed by atoms with Gasteiger partial charge in [0, 0.05) is 18.0 Å². The fraction of sp³-hybridized carbons (Fsp3) is 0.250. The maximum absolute atomic E-state index is 10.8. The van der Waals surface area contributed by atoms with Crippen LogP contribution >= 0.6 is 0 Å². The molecule has 0 aliphatic rings. The number of benzene rings is 1. The van der Waals surface area contributed by atoms with Crippen LogP contribution in [-0.2, 0) is 11.3 Å². The summed E-state index contributed by atoms with van der Waals surface area (Å²) in [7, 11) is 0. The number of carboxylic acid groups (broad SMARTS) is 1. The number of carbonyl (C=O) groups is 1. The minimum Gasteiger partial charge on any atom is -0.508 e. The number of aromatic nitrogens is 1. The summed E-state index contributed by atoms with van der Waals surface area (Å²) in [4.78, 5) is 10.8. The summed E-state index contributed by atoms with van der Waals surface area (Å²) in [5, 5.41) is 28.6. The topological polar surface area (TPSA) is 82.7 Å². The number of aromatic hydroxyl groups is 1. The van der Waals surface area contributed by atoms with Crippen molar-refractivity contribution in [3.63, 3.8) is 0 Å². The molecule has 1 atom stereocenters. The van der Waals surface area contributed by atoms with Gasteiger partial charge in [0.15, 0.2) is 6.10 Å². The smallest absolute Gasteiger partial charge is 0.338 e. The van der Waals surface area contributed by atoms with Crippen LogP contribution < -0.4 is 0 Å². The number of carboxylic acids is 1. The molecule has 0 fully saturated rings. The largest absolute Gasteiger partial charge is 0.508 e. The average molecular weight is 235 g/mol. The second-order valence-corrected chi connectivity index (χ2v) is 3.80. The molecule has 0 amide bonds. The molecule has 0 aliphatic carbocycles. The first-order valence-corrected chi connectivity index (χ1v) is 5.27. The molecule has 2 aromatic rings. The van der Waals surface area contributed by atoms with E-state index >= 15 is 0 Å². The second-order valence-electron chi connectivity index (χ2n) is 3.80. The predicted octanol–water partition coefficient (Wildman–Crippen LogP) is 1.48. The highest BCUT2D eigenvalue weighted by molar-refractivity contribution is 5.85. The number of nitrogens with zero attached hydrogens (tertiary/aromatic N) is 1. The maximum Gasteiger partial charge on any atom is 0.338 e. The van der Waals surface area contributed by atoms with Gasteiger partial charge < -0.3 is 19.9 Å². The van der Waals surface area contributed by atoms with E-state index in [0.717, 1.165) is 5.39 Å². The van der Waals surface area contributed by atoms with E-state index in [0.29, 0.717) is 17.8 Å². The van der Waals surface area contributed by atoms with Gasteiger partial charge in [0.05, 0.1) is 11.2 Å². The van der Waals surface area contributed by atoms with Crippen LogP contribution in [0, 0.1) is 0 Å². The van der Waals surface area contributed by atoms with Gasteiger partial charge in [0.1, 0.15) is 5.75 Å². The lowest BCUT2D eigenvalue weighted by Gasteiger charge is -2.10. The summed E-state index contributed by atoms with van der Waals surface area (Å²) < 4.78 is 1.67. The van der Waals surface area contributed by atoms with E-state index in [1.165, 1.54) is 6.07 Å². The van der Waals surface area contributed by atoms with Crippen molar-refractivity contribution in [1.29, 1.82) is 0 Å². The number of hydrogen-bond acceptors (Lipinski definition) is 3. The number of rotatable bonds is 3. The number of aliphatic hydroxyl groups excluding tert-OH is 1. The van der Waals surface area contributed by atoms with Crippen molar-refractivity contribution in [3.05, 3.63) is 30.0 Å². The Bertz CT molecular complexity index is 573. The van der Waals surface area contributed by atoms with E-state index in [9.17, 15) is 15.0 Å². The van der Waals surface area contributed by atoms with Gasteiger partial charge in [-0.25, -0.2) is 4.79 Å². The van der Waals surface area contributed by atoms with Crippen LogP contribution in [-0.4, -0.2) is 25.9 Å². The fourth-order valence-corrected chi connectivity index (χ4v) is 1.97. The van der Waals surface area contributed by atoms with E-state index < -0.39 is 12.1 Å². The minimum atomic E-state index is -1.55. The Kier molecular flexibility index (Phi) is 2.77. The van der Waals surface area contributed by atoms with E-state index in [4.69, 9.17) is 5.11 Å². The molecular weight excluding hydrogens is 222 g/mol. The number of hydrogen-bond donors (Lipinski definition) is 3. The Morgan fingerprint density at radius 3 is 2.71 bits per heavy atom. The second kappa shape index (κ2) is 4.10. The third kappa shape index (κ3) is 1.85. The molecular formula is C12H13NO4. The minimum absolute atomic E-state index is 0.113. The van der Waals surface area contributed by atoms with Crippen molar-refractivity contribution in [2.45, 2.75) is 19.6 Å². The van der Waals surface area contributed by atoms with E-state index in [-0.39, 0.29) is 5.75 Å². The van der Waals surface area contributed by atoms with E-state index in [2.05, 4.69) is 0 Å². The van der Waals surface area contributed by atoms with Gasteiger partial charge in [-0.2, -0.15) is 0 Å². The number of aliphatic hydroxyl groups is 1. The Balaban J connectivity index is 2.68. The predicted molar refractivity (Wildman–Crippen MR) is 61.9 cm³/mol. The molecule has 3 N–H and O–H groups in total. The van der Waals surface area contributed by atoms with Crippen LogP contribution in [0.3, 0.4) is 0 Å². The summed E-state index contributed by atoms with van der Waals surface area (Å²) in [6.07, 6.45) is -1.55. The van der Waals surface area contributed by atoms with Gasteiger partial charge in [-0.15, -0.1) is 0 Å². The van der Waals surface area contributed by atoms with Crippen LogP contribution in [0.25, 0.3) is 10.9 Å². The Hall–Kier alpha value is -2.01. The monoisotopic (exact) mass is 235 g/mol. The quantitative estimate of drug-likeness (QED) is 0.752. The lowest BCUT2D eigenvalue weighted by Crippen LogP contribution is -2.14. The summed E-state index contributed by atoms with van der Waals surface area (Å²) >= 11 is 0. The molecule has 0 aliphatic heterocycles. The van der Waals surface area contributed by atoms with Crippen molar-refractivity contribution in [2.75, 3.05) is 0 Å². The molecule has 1 aromatic carbocycles. The molecule has 0 radical (unpaired) electrons.